The molecule has 0 aliphatic carbocycles. The molecule has 1 heterocycles. The second kappa shape index (κ2) is 4.66. The predicted octanol–water partition coefficient (Wildman–Crippen LogP) is 1.40. The molecule has 1 amide bonds. The number of hydrogen-bond donors (Lipinski definition) is 1. The van der Waals surface area contributed by atoms with Crippen molar-refractivity contribution in [3.63, 3.8) is 0 Å². The molecule has 0 fully saturated rings. The van der Waals surface area contributed by atoms with Crippen LogP contribution in [0.2, 0.25) is 5.15 Å². The van der Waals surface area contributed by atoms with Crippen LogP contribution in [0.3, 0.4) is 0 Å². The van der Waals surface area contributed by atoms with Crippen molar-refractivity contribution in [2.75, 3.05) is 14.2 Å². The van der Waals surface area contributed by atoms with Crippen LogP contribution in [0.4, 0.5) is 0 Å². The van der Waals surface area contributed by atoms with Gasteiger partial charge in [-0.1, -0.05) is 11.6 Å². The van der Waals surface area contributed by atoms with Crippen molar-refractivity contribution in [3.05, 3.63) is 23.0 Å². The highest BCUT2D eigenvalue weighted by atomic mass is 35.5. The van der Waals surface area contributed by atoms with Gasteiger partial charge in [0.25, 0.3) is 5.91 Å². The number of primary amides is 1. The van der Waals surface area contributed by atoms with Crippen molar-refractivity contribution >= 4 is 28.5 Å². The van der Waals surface area contributed by atoms with E-state index in [9.17, 15) is 4.79 Å². The quantitative estimate of drug-likeness (QED) is 0.908. The summed E-state index contributed by atoms with van der Waals surface area (Å²) in [4.78, 5) is 19.2. The highest BCUT2D eigenvalue weighted by Crippen LogP contribution is 2.31. The van der Waals surface area contributed by atoms with Crippen molar-refractivity contribution < 1.29 is 14.3 Å². The molecule has 0 spiro atoms. The molecule has 7 heteroatoms. The molecule has 1 aromatic carbocycles. The van der Waals surface area contributed by atoms with Crippen LogP contribution >= 0.6 is 11.6 Å². The summed E-state index contributed by atoms with van der Waals surface area (Å²) in [6.07, 6.45) is 0. The first-order valence-electron chi connectivity index (χ1n) is 4.96. The van der Waals surface area contributed by atoms with Crippen molar-refractivity contribution in [3.8, 4) is 11.5 Å². The van der Waals surface area contributed by atoms with E-state index in [0.717, 1.165) is 0 Å². The molecular formula is C11H10ClN3O3. The van der Waals surface area contributed by atoms with Gasteiger partial charge in [0, 0.05) is 12.1 Å². The summed E-state index contributed by atoms with van der Waals surface area (Å²) in [6.45, 7) is 0. The summed E-state index contributed by atoms with van der Waals surface area (Å²) in [6, 6.07) is 3.22. The number of carbonyl (C=O) groups excluding carboxylic acids is 1. The highest BCUT2D eigenvalue weighted by molar-refractivity contribution is 6.32. The van der Waals surface area contributed by atoms with E-state index in [1.807, 2.05) is 0 Å². The molecule has 0 saturated heterocycles. The van der Waals surface area contributed by atoms with Gasteiger partial charge in [-0.2, -0.15) is 0 Å². The number of nitrogens with zero attached hydrogens (tertiary/aromatic N) is 2. The molecule has 0 atom stereocenters. The average molecular weight is 268 g/mol. The lowest BCUT2D eigenvalue weighted by molar-refractivity contribution is 0.0995. The molecule has 2 aromatic rings. The monoisotopic (exact) mass is 267 g/mol. The normalized spacial score (nSPS) is 10.4. The molecule has 0 aliphatic heterocycles. The summed E-state index contributed by atoms with van der Waals surface area (Å²) in [5.41, 5.74) is 6.02. The Labute approximate surface area is 108 Å². The van der Waals surface area contributed by atoms with Gasteiger partial charge in [0.15, 0.2) is 22.3 Å². The maximum atomic E-state index is 11.1. The SMILES string of the molecule is COc1cc2nc(Cl)c(C(N)=O)nc2cc1OC. The number of hydrogen-bond acceptors (Lipinski definition) is 5. The van der Waals surface area contributed by atoms with E-state index in [2.05, 4.69) is 9.97 Å². The number of ether oxygens (including phenoxy) is 2. The zero-order chi connectivity index (χ0) is 13.3. The Morgan fingerprint density at radius 1 is 1.17 bits per heavy atom. The van der Waals surface area contributed by atoms with Gasteiger partial charge >= 0.3 is 0 Å². The zero-order valence-corrected chi connectivity index (χ0v) is 10.5. The van der Waals surface area contributed by atoms with Gasteiger partial charge in [-0.25, -0.2) is 9.97 Å². The first-order valence-corrected chi connectivity index (χ1v) is 5.33. The Bertz CT molecular complexity index is 630. The lowest BCUT2D eigenvalue weighted by Gasteiger charge is -2.09. The van der Waals surface area contributed by atoms with Crippen molar-refractivity contribution in [2.45, 2.75) is 0 Å². The summed E-state index contributed by atoms with van der Waals surface area (Å²) in [7, 11) is 3.01. The third kappa shape index (κ3) is 2.02. The average Bonchev–Trinajstić information content (AvgIpc) is 2.36. The number of benzene rings is 1. The van der Waals surface area contributed by atoms with Crippen LogP contribution in [-0.4, -0.2) is 30.1 Å². The minimum Gasteiger partial charge on any atom is -0.493 e. The number of methoxy groups -OCH3 is 2. The van der Waals surface area contributed by atoms with Crippen LogP contribution in [0.15, 0.2) is 12.1 Å². The van der Waals surface area contributed by atoms with Gasteiger partial charge in [0.05, 0.1) is 25.3 Å². The molecule has 0 radical (unpaired) electrons. The van der Waals surface area contributed by atoms with Gasteiger partial charge in [-0.05, 0) is 0 Å². The van der Waals surface area contributed by atoms with Crippen molar-refractivity contribution in [1.29, 1.82) is 0 Å². The molecule has 1 aromatic heterocycles. The van der Waals surface area contributed by atoms with Gasteiger partial charge < -0.3 is 15.2 Å². The van der Waals surface area contributed by atoms with Crippen LogP contribution in [0.5, 0.6) is 11.5 Å². The first kappa shape index (κ1) is 12.4. The van der Waals surface area contributed by atoms with Gasteiger partial charge in [-0.3, -0.25) is 4.79 Å². The molecule has 0 bridgehead atoms. The second-order valence-corrected chi connectivity index (χ2v) is 3.78. The largest absolute Gasteiger partial charge is 0.493 e. The summed E-state index contributed by atoms with van der Waals surface area (Å²) in [5.74, 6) is 0.253. The third-order valence-electron chi connectivity index (χ3n) is 2.36. The molecule has 6 nitrogen and oxygen atoms in total. The summed E-state index contributed by atoms with van der Waals surface area (Å²) in [5, 5.41) is -0.0396. The number of rotatable bonds is 3. The standard InChI is InChI=1S/C11H10ClN3O3/c1-17-7-3-5-6(4-8(7)18-2)15-10(12)9(14-5)11(13)16/h3-4H,1-2H3,(H2,13,16). The highest BCUT2D eigenvalue weighted by Gasteiger charge is 2.14. The van der Waals surface area contributed by atoms with Gasteiger partial charge in [0.1, 0.15) is 0 Å². The fraction of sp³-hybridized carbons (Fsp3) is 0.182. The molecule has 18 heavy (non-hydrogen) atoms. The lowest BCUT2D eigenvalue weighted by atomic mass is 10.2. The van der Waals surface area contributed by atoms with Gasteiger partial charge in [0.2, 0.25) is 0 Å². The Hall–Kier alpha value is -2.08. The lowest BCUT2D eigenvalue weighted by Crippen LogP contribution is -2.14. The zero-order valence-electron chi connectivity index (χ0n) is 9.73. The number of amides is 1. The fourth-order valence-corrected chi connectivity index (χ4v) is 1.75. The topological polar surface area (TPSA) is 87.3 Å². The van der Waals surface area contributed by atoms with E-state index in [4.69, 9.17) is 26.8 Å². The molecule has 0 unspecified atom stereocenters. The third-order valence-corrected chi connectivity index (χ3v) is 2.62. The molecule has 2 rings (SSSR count). The Morgan fingerprint density at radius 2 is 1.67 bits per heavy atom. The van der Waals surface area contributed by atoms with Crippen LogP contribution in [-0.2, 0) is 0 Å². The number of nitrogens with two attached hydrogens (primary N) is 1. The van der Waals surface area contributed by atoms with E-state index >= 15 is 0 Å². The fourth-order valence-electron chi connectivity index (χ4n) is 1.52. The smallest absolute Gasteiger partial charge is 0.270 e. The van der Waals surface area contributed by atoms with E-state index in [1.165, 1.54) is 14.2 Å². The van der Waals surface area contributed by atoms with E-state index in [-0.39, 0.29) is 10.8 Å². The van der Waals surface area contributed by atoms with Crippen LogP contribution in [0, 0.1) is 0 Å². The van der Waals surface area contributed by atoms with Crippen LogP contribution in [0.25, 0.3) is 11.0 Å². The number of fused-ring (bicyclic) bond motifs is 1. The van der Waals surface area contributed by atoms with E-state index < -0.39 is 5.91 Å². The minimum absolute atomic E-state index is 0.0396. The van der Waals surface area contributed by atoms with Crippen molar-refractivity contribution in [2.24, 2.45) is 5.73 Å². The van der Waals surface area contributed by atoms with Crippen LogP contribution in [0.1, 0.15) is 10.5 Å². The maximum Gasteiger partial charge on any atom is 0.270 e. The summed E-state index contributed by atoms with van der Waals surface area (Å²) < 4.78 is 10.3. The molecular weight excluding hydrogens is 258 g/mol. The molecule has 94 valence electrons. The minimum atomic E-state index is -0.732. The van der Waals surface area contributed by atoms with Crippen molar-refractivity contribution in [1.82, 2.24) is 9.97 Å². The van der Waals surface area contributed by atoms with E-state index in [0.29, 0.717) is 22.5 Å². The Kier molecular flexibility index (Phi) is 3.20. The van der Waals surface area contributed by atoms with E-state index in [1.54, 1.807) is 12.1 Å². The molecule has 0 aliphatic rings. The Balaban J connectivity index is 2.73. The maximum absolute atomic E-state index is 11.1. The Morgan fingerprint density at radius 3 is 2.11 bits per heavy atom. The summed E-state index contributed by atoms with van der Waals surface area (Å²) >= 11 is 5.82. The second-order valence-electron chi connectivity index (χ2n) is 3.42. The van der Waals surface area contributed by atoms with Gasteiger partial charge in [-0.15, -0.1) is 0 Å². The molecule has 0 saturated carbocycles. The number of carbonyl (C=O) groups is 1. The molecule has 2 N–H and O–H groups in total. The number of halogens is 1. The van der Waals surface area contributed by atoms with Crippen LogP contribution < -0.4 is 15.2 Å². The first-order chi connectivity index (χ1) is 8.56. The predicted molar refractivity (Wildman–Crippen MR) is 66.2 cm³/mol. The number of aromatic nitrogens is 2.